The molecule has 4 fully saturated rings. The van der Waals surface area contributed by atoms with E-state index in [-0.39, 0.29) is 11.9 Å². The first kappa shape index (κ1) is 16.4. The van der Waals surface area contributed by atoms with Crippen molar-refractivity contribution in [1.82, 2.24) is 10.2 Å². The molecule has 2 heterocycles. The number of carbonyl (C=O) groups excluding carboxylic acids is 2. The standard InChI is InChI=1S/C19H31N3O2/c23-17-19(11-5-1-2-6-12-19)20-18(24)22(17)14-21-13-7-9-15-8-3-4-10-16(15)21/h15-16H,1-14H2,(H,20,24)/p+1/t15-,16+/m1/s1. The molecule has 2 saturated carbocycles. The van der Waals surface area contributed by atoms with Crippen molar-refractivity contribution >= 4 is 11.9 Å². The van der Waals surface area contributed by atoms with Gasteiger partial charge in [-0.25, -0.2) is 9.69 Å². The Labute approximate surface area is 145 Å². The van der Waals surface area contributed by atoms with Crippen LogP contribution in [-0.4, -0.2) is 41.6 Å². The average molecular weight is 334 g/mol. The number of hydrogen-bond acceptors (Lipinski definition) is 2. The third kappa shape index (κ3) is 2.85. The van der Waals surface area contributed by atoms with E-state index in [1.165, 1.54) is 56.3 Å². The Bertz CT molecular complexity index is 497. The second kappa shape index (κ2) is 6.66. The predicted octanol–water partition coefficient (Wildman–Crippen LogP) is 1.83. The Morgan fingerprint density at radius 1 is 0.958 bits per heavy atom. The third-order valence-electron chi connectivity index (χ3n) is 7.07. The normalized spacial score (nSPS) is 36.3. The summed E-state index contributed by atoms with van der Waals surface area (Å²) in [5, 5.41) is 3.09. The first-order valence-electron chi connectivity index (χ1n) is 10.2. The highest BCUT2D eigenvalue weighted by Crippen LogP contribution is 2.33. The van der Waals surface area contributed by atoms with Gasteiger partial charge in [0.2, 0.25) is 0 Å². The molecule has 5 nitrogen and oxygen atoms in total. The zero-order valence-electron chi connectivity index (χ0n) is 14.8. The molecule has 3 atom stereocenters. The number of quaternary nitrogens is 1. The highest BCUT2D eigenvalue weighted by Gasteiger charge is 2.52. The first-order valence-corrected chi connectivity index (χ1v) is 10.2. The number of urea groups is 1. The summed E-state index contributed by atoms with van der Waals surface area (Å²) >= 11 is 0. The van der Waals surface area contributed by atoms with E-state index in [0.717, 1.165) is 38.1 Å². The van der Waals surface area contributed by atoms with E-state index in [9.17, 15) is 9.59 Å². The second-order valence-electron chi connectivity index (χ2n) is 8.52. The number of amides is 3. The third-order valence-corrected chi connectivity index (χ3v) is 7.07. The van der Waals surface area contributed by atoms with E-state index in [2.05, 4.69) is 5.32 Å². The molecule has 0 radical (unpaired) electrons. The summed E-state index contributed by atoms with van der Waals surface area (Å²) in [5.74, 6) is 0.884. The molecule has 5 heteroatoms. The van der Waals surface area contributed by atoms with Gasteiger partial charge in [0.05, 0.1) is 12.6 Å². The minimum Gasteiger partial charge on any atom is -0.323 e. The average Bonchev–Trinajstić information content (AvgIpc) is 2.76. The fourth-order valence-electron chi connectivity index (χ4n) is 5.76. The lowest BCUT2D eigenvalue weighted by molar-refractivity contribution is -0.942. The maximum absolute atomic E-state index is 13.1. The summed E-state index contributed by atoms with van der Waals surface area (Å²) < 4.78 is 0. The van der Waals surface area contributed by atoms with Gasteiger partial charge in [0.25, 0.3) is 5.91 Å². The largest absolute Gasteiger partial charge is 0.329 e. The quantitative estimate of drug-likeness (QED) is 0.757. The fraction of sp³-hybridized carbons (Fsp3) is 0.895. The number of nitrogens with zero attached hydrogens (tertiary/aromatic N) is 1. The molecule has 2 aliphatic heterocycles. The highest BCUT2D eigenvalue weighted by atomic mass is 16.2. The Balaban J connectivity index is 1.47. The maximum Gasteiger partial charge on any atom is 0.329 e. The van der Waals surface area contributed by atoms with Crippen LogP contribution < -0.4 is 10.2 Å². The summed E-state index contributed by atoms with van der Waals surface area (Å²) in [5.41, 5.74) is -0.575. The van der Waals surface area contributed by atoms with Gasteiger partial charge < -0.3 is 10.2 Å². The van der Waals surface area contributed by atoms with Crippen LogP contribution in [0, 0.1) is 5.92 Å². The van der Waals surface area contributed by atoms with E-state index < -0.39 is 5.54 Å². The molecule has 1 spiro atoms. The van der Waals surface area contributed by atoms with Crippen molar-refractivity contribution in [3.63, 3.8) is 0 Å². The number of fused-ring (bicyclic) bond motifs is 1. The molecular formula is C19H32N3O2+. The van der Waals surface area contributed by atoms with Crippen LogP contribution >= 0.6 is 0 Å². The summed E-state index contributed by atoms with van der Waals surface area (Å²) in [7, 11) is 0. The Kier molecular flexibility index (Phi) is 4.54. The van der Waals surface area contributed by atoms with Crippen molar-refractivity contribution in [2.75, 3.05) is 13.2 Å². The van der Waals surface area contributed by atoms with Crippen molar-refractivity contribution in [1.29, 1.82) is 0 Å². The molecule has 1 unspecified atom stereocenters. The van der Waals surface area contributed by atoms with Crippen LogP contribution in [0.3, 0.4) is 0 Å². The summed E-state index contributed by atoms with van der Waals surface area (Å²) in [4.78, 5) is 28.7. The molecule has 0 aromatic rings. The molecule has 4 rings (SSSR count). The van der Waals surface area contributed by atoms with Crippen molar-refractivity contribution in [3.8, 4) is 0 Å². The van der Waals surface area contributed by atoms with Gasteiger partial charge >= 0.3 is 6.03 Å². The van der Waals surface area contributed by atoms with E-state index in [4.69, 9.17) is 0 Å². The van der Waals surface area contributed by atoms with Crippen LogP contribution in [0.25, 0.3) is 0 Å². The summed E-state index contributed by atoms with van der Waals surface area (Å²) in [6.45, 7) is 1.71. The van der Waals surface area contributed by atoms with Crippen molar-refractivity contribution in [3.05, 3.63) is 0 Å². The van der Waals surface area contributed by atoms with Crippen LogP contribution in [-0.2, 0) is 4.79 Å². The Morgan fingerprint density at radius 2 is 1.67 bits per heavy atom. The zero-order valence-corrected chi connectivity index (χ0v) is 14.8. The van der Waals surface area contributed by atoms with Crippen LogP contribution in [0.15, 0.2) is 0 Å². The van der Waals surface area contributed by atoms with Gasteiger partial charge in [0.15, 0.2) is 6.67 Å². The number of nitrogens with one attached hydrogen (secondary N) is 2. The number of hydrogen-bond donors (Lipinski definition) is 2. The smallest absolute Gasteiger partial charge is 0.323 e. The van der Waals surface area contributed by atoms with E-state index in [1.54, 1.807) is 4.90 Å². The van der Waals surface area contributed by atoms with Gasteiger partial charge in [0, 0.05) is 5.92 Å². The lowest BCUT2D eigenvalue weighted by atomic mass is 9.78. The minimum absolute atomic E-state index is 0.0693. The van der Waals surface area contributed by atoms with E-state index >= 15 is 0 Å². The van der Waals surface area contributed by atoms with Gasteiger partial charge in [-0.05, 0) is 44.9 Å². The van der Waals surface area contributed by atoms with Gasteiger partial charge in [-0.3, -0.25) is 4.79 Å². The molecule has 134 valence electrons. The van der Waals surface area contributed by atoms with E-state index in [0.29, 0.717) is 12.7 Å². The highest BCUT2D eigenvalue weighted by molar-refractivity contribution is 6.06. The molecule has 3 amide bonds. The zero-order chi connectivity index (χ0) is 16.6. The molecule has 0 aromatic heterocycles. The van der Waals surface area contributed by atoms with Crippen LogP contribution in [0.4, 0.5) is 4.79 Å². The SMILES string of the molecule is O=C1NC2(CCCCCC2)C(=O)N1C[NH+]1CCC[C@H]2CCCC[C@@H]21. The summed E-state index contributed by atoms with van der Waals surface area (Å²) in [6, 6.07) is 0.533. The number of piperidine rings is 1. The molecular weight excluding hydrogens is 302 g/mol. The Hall–Kier alpha value is -1.10. The lowest BCUT2D eigenvalue weighted by Gasteiger charge is -2.42. The van der Waals surface area contributed by atoms with Crippen molar-refractivity contribution in [2.45, 2.75) is 88.6 Å². The molecule has 2 saturated heterocycles. The second-order valence-corrected chi connectivity index (χ2v) is 8.52. The van der Waals surface area contributed by atoms with Gasteiger partial charge in [-0.15, -0.1) is 0 Å². The maximum atomic E-state index is 13.1. The molecule has 2 N–H and O–H groups in total. The first-order chi connectivity index (χ1) is 11.7. The molecule has 0 bridgehead atoms. The molecule has 2 aliphatic carbocycles. The summed E-state index contributed by atoms with van der Waals surface area (Å²) in [6.07, 6.45) is 14.0. The fourth-order valence-corrected chi connectivity index (χ4v) is 5.76. The van der Waals surface area contributed by atoms with Gasteiger partial charge in [0.1, 0.15) is 5.54 Å². The molecule has 4 aliphatic rings. The molecule has 0 aromatic carbocycles. The van der Waals surface area contributed by atoms with Gasteiger partial charge in [-0.2, -0.15) is 0 Å². The predicted molar refractivity (Wildman–Crippen MR) is 91.5 cm³/mol. The Morgan fingerprint density at radius 3 is 2.46 bits per heavy atom. The van der Waals surface area contributed by atoms with Crippen molar-refractivity contribution in [2.24, 2.45) is 5.92 Å². The number of carbonyl (C=O) groups is 2. The topological polar surface area (TPSA) is 53.9 Å². The molecule has 24 heavy (non-hydrogen) atoms. The van der Waals surface area contributed by atoms with E-state index in [1.807, 2.05) is 0 Å². The van der Waals surface area contributed by atoms with Crippen LogP contribution in [0.1, 0.15) is 77.0 Å². The monoisotopic (exact) mass is 334 g/mol. The number of imide groups is 1. The number of rotatable bonds is 2. The lowest BCUT2D eigenvalue weighted by Crippen LogP contribution is -3.19. The van der Waals surface area contributed by atoms with Crippen LogP contribution in [0.5, 0.6) is 0 Å². The number of likely N-dealkylation sites (tertiary alicyclic amines) is 1. The van der Waals surface area contributed by atoms with Gasteiger partial charge in [-0.1, -0.05) is 32.1 Å². The minimum atomic E-state index is -0.575. The van der Waals surface area contributed by atoms with Crippen molar-refractivity contribution < 1.29 is 14.5 Å². The van der Waals surface area contributed by atoms with Crippen LogP contribution in [0.2, 0.25) is 0 Å².